The van der Waals surface area contributed by atoms with Crippen molar-refractivity contribution >= 4 is 15.9 Å². The fourth-order valence-corrected chi connectivity index (χ4v) is 2.40. The van der Waals surface area contributed by atoms with E-state index in [9.17, 15) is 0 Å². The summed E-state index contributed by atoms with van der Waals surface area (Å²) >= 11 is 3.43. The second kappa shape index (κ2) is 5.50. The molecule has 2 rings (SSSR count). The minimum absolute atomic E-state index is 0.725. The molecule has 0 amide bonds. The number of aromatic nitrogens is 1. The summed E-state index contributed by atoms with van der Waals surface area (Å²) in [7, 11) is 0. The number of hydrogen-bond donors (Lipinski definition) is 0. The fraction of sp³-hybridized carbons (Fsp3) is 0.583. The van der Waals surface area contributed by atoms with E-state index in [2.05, 4.69) is 20.9 Å². The Kier molecular flexibility index (Phi) is 4.01. The molecule has 15 heavy (non-hydrogen) atoms. The van der Waals surface area contributed by atoms with Crippen LogP contribution in [0, 0.1) is 5.92 Å². The molecule has 82 valence electrons. The molecule has 1 aliphatic carbocycles. The smallest absolute Gasteiger partial charge is 0.227 e. The minimum atomic E-state index is 0.725. The van der Waals surface area contributed by atoms with E-state index < -0.39 is 0 Å². The van der Waals surface area contributed by atoms with Crippen LogP contribution in [0.1, 0.15) is 32.1 Å². The van der Waals surface area contributed by atoms with E-state index in [1.807, 2.05) is 12.1 Å². The molecule has 0 atom stereocenters. The number of ether oxygens (including phenoxy) is 1. The summed E-state index contributed by atoms with van der Waals surface area (Å²) in [6.45, 7) is 0.815. The van der Waals surface area contributed by atoms with E-state index >= 15 is 0 Å². The van der Waals surface area contributed by atoms with Gasteiger partial charge in [-0.3, -0.25) is 0 Å². The van der Waals surface area contributed by atoms with Gasteiger partial charge in [-0.05, 0) is 46.8 Å². The van der Waals surface area contributed by atoms with E-state index in [0.717, 1.165) is 22.9 Å². The van der Waals surface area contributed by atoms with Gasteiger partial charge in [-0.15, -0.1) is 0 Å². The molecular formula is C12H16BrNO. The minimum Gasteiger partial charge on any atom is -0.477 e. The lowest BCUT2D eigenvalue weighted by atomic mass is 9.90. The molecule has 0 radical (unpaired) electrons. The number of halogens is 1. The molecule has 1 heterocycles. The quantitative estimate of drug-likeness (QED) is 0.833. The van der Waals surface area contributed by atoms with Gasteiger partial charge in [0.1, 0.15) is 0 Å². The molecule has 1 aromatic rings. The summed E-state index contributed by atoms with van der Waals surface area (Å²) in [4.78, 5) is 4.19. The first-order valence-corrected chi connectivity index (χ1v) is 6.39. The molecule has 1 saturated carbocycles. The lowest BCUT2D eigenvalue weighted by Gasteiger charge is -2.21. The molecule has 0 N–H and O–H groups in total. The van der Waals surface area contributed by atoms with Crippen molar-refractivity contribution in [3.8, 4) is 5.88 Å². The van der Waals surface area contributed by atoms with Crippen molar-refractivity contribution in [1.29, 1.82) is 0 Å². The third-order valence-electron chi connectivity index (χ3n) is 2.91. The normalized spacial score (nSPS) is 17.7. The highest BCUT2D eigenvalue weighted by Gasteiger charge is 2.14. The molecule has 0 aromatic carbocycles. The maximum Gasteiger partial charge on any atom is 0.227 e. The third kappa shape index (κ3) is 3.20. The Hall–Kier alpha value is -0.570. The first-order valence-electron chi connectivity index (χ1n) is 5.59. The van der Waals surface area contributed by atoms with Crippen LogP contribution in [0.5, 0.6) is 5.88 Å². The SMILES string of the molecule is Brc1cccnc1OCC1CCCCC1. The summed E-state index contributed by atoms with van der Waals surface area (Å²) in [5.41, 5.74) is 0. The Morgan fingerprint density at radius 1 is 1.33 bits per heavy atom. The molecular weight excluding hydrogens is 254 g/mol. The predicted molar refractivity (Wildman–Crippen MR) is 64.0 cm³/mol. The van der Waals surface area contributed by atoms with Crippen LogP contribution in [0.25, 0.3) is 0 Å². The highest BCUT2D eigenvalue weighted by Crippen LogP contribution is 2.26. The van der Waals surface area contributed by atoms with Crippen LogP contribution in [0.4, 0.5) is 0 Å². The molecule has 0 spiro atoms. The lowest BCUT2D eigenvalue weighted by molar-refractivity contribution is 0.202. The van der Waals surface area contributed by atoms with E-state index in [0.29, 0.717) is 0 Å². The highest BCUT2D eigenvalue weighted by atomic mass is 79.9. The monoisotopic (exact) mass is 269 g/mol. The van der Waals surface area contributed by atoms with Crippen molar-refractivity contribution in [2.45, 2.75) is 32.1 Å². The largest absolute Gasteiger partial charge is 0.477 e. The second-order valence-corrected chi connectivity index (χ2v) is 4.96. The van der Waals surface area contributed by atoms with Gasteiger partial charge in [0, 0.05) is 6.20 Å². The van der Waals surface area contributed by atoms with Gasteiger partial charge < -0.3 is 4.74 Å². The summed E-state index contributed by atoms with van der Waals surface area (Å²) < 4.78 is 6.66. The summed E-state index contributed by atoms with van der Waals surface area (Å²) in [5, 5.41) is 0. The summed E-state index contributed by atoms with van der Waals surface area (Å²) in [6.07, 6.45) is 8.49. The highest BCUT2D eigenvalue weighted by molar-refractivity contribution is 9.10. The van der Waals surface area contributed by atoms with Crippen molar-refractivity contribution in [2.24, 2.45) is 5.92 Å². The third-order valence-corrected chi connectivity index (χ3v) is 3.51. The van der Waals surface area contributed by atoms with Crippen molar-refractivity contribution in [3.05, 3.63) is 22.8 Å². The average molecular weight is 270 g/mol. The van der Waals surface area contributed by atoms with Crippen LogP contribution < -0.4 is 4.74 Å². The molecule has 1 aliphatic rings. The van der Waals surface area contributed by atoms with Crippen molar-refractivity contribution < 1.29 is 4.74 Å². The number of pyridine rings is 1. The van der Waals surface area contributed by atoms with E-state index in [1.54, 1.807) is 6.20 Å². The summed E-state index contributed by atoms with van der Waals surface area (Å²) in [6, 6.07) is 3.86. The van der Waals surface area contributed by atoms with Crippen LogP contribution >= 0.6 is 15.9 Å². The Bertz CT molecular complexity index is 310. The molecule has 1 fully saturated rings. The van der Waals surface area contributed by atoms with Gasteiger partial charge in [0.2, 0.25) is 5.88 Å². The predicted octanol–water partition coefficient (Wildman–Crippen LogP) is 3.80. The van der Waals surface area contributed by atoms with Gasteiger partial charge in [0.05, 0.1) is 11.1 Å². The Balaban J connectivity index is 1.84. The van der Waals surface area contributed by atoms with Gasteiger partial charge in [0.15, 0.2) is 0 Å². The van der Waals surface area contributed by atoms with Crippen LogP contribution in [0.2, 0.25) is 0 Å². The zero-order valence-electron chi connectivity index (χ0n) is 8.79. The number of nitrogens with zero attached hydrogens (tertiary/aromatic N) is 1. The van der Waals surface area contributed by atoms with E-state index in [1.165, 1.54) is 32.1 Å². The Morgan fingerprint density at radius 2 is 2.13 bits per heavy atom. The average Bonchev–Trinajstić information content (AvgIpc) is 2.29. The number of rotatable bonds is 3. The zero-order chi connectivity index (χ0) is 10.5. The van der Waals surface area contributed by atoms with Crippen LogP contribution in [0.15, 0.2) is 22.8 Å². The van der Waals surface area contributed by atoms with Gasteiger partial charge in [0.25, 0.3) is 0 Å². The Labute approximate surface area is 99.2 Å². The maximum atomic E-state index is 5.72. The maximum absolute atomic E-state index is 5.72. The van der Waals surface area contributed by atoms with Gasteiger partial charge in [-0.25, -0.2) is 4.98 Å². The van der Waals surface area contributed by atoms with E-state index in [-0.39, 0.29) is 0 Å². The molecule has 0 aliphatic heterocycles. The van der Waals surface area contributed by atoms with Crippen molar-refractivity contribution in [2.75, 3.05) is 6.61 Å². The molecule has 0 unspecified atom stereocenters. The molecule has 0 saturated heterocycles. The fourth-order valence-electron chi connectivity index (χ4n) is 2.03. The second-order valence-electron chi connectivity index (χ2n) is 4.11. The van der Waals surface area contributed by atoms with Crippen molar-refractivity contribution in [1.82, 2.24) is 4.98 Å². The number of hydrogen-bond acceptors (Lipinski definition) is 2. The lowest BCUT2D eigenvalue weighted by Crippen LogP contribution is -2.15. The zero-order valence-corrected chi connectivity index (χ0v) is 10.4. The first kappa shape index (κ1) is 10.9. The van der Waals surface area contributed by atoms with Gasteiger partial charge in [-0.2, -0.15) is 0 Å². The van der Waals surface area contributed by atoms with Crippen LogP contribution in [-0.2, 0) is 0 Å². The van der Waals surface area contributed by atoms with E-state index in [4.69, 9.17) is 4.74 Å². The van der Waals surface area contributed by atoms with Crippen LogP contribution in [-0.4, -0.2) is 11.6 Å². The topological polar surface area (TPSA) is 22.1 Å². The Morgan fingerprint density at radius 3 is 2.87 bits per heavy atom. The van der Waals surface area contributed by atoms with Crippen LogP contribution in [0.3, 0.4) is 0 Å². The molecule has 1 aromatic heterocycles. The first-order chi connectivity index (χ1) is 7.36. The molecule has 2 nitrogen and oxygen atoms in total. The van der Waals surface area contributed by atoms with Gasteiger partial charge in [-0.1, -0.05) is 19.3 Å². The summed E-state index contributed by atoms with van der Waals surface area (Å²) in [5.74, 6) is 1.45. The molecule has 0 bridgehead atoms. The molecule has 3 heteroatoms. The van der Waals surface area contributed by atoms with Gasteiger partial charge >= 0.3 is 0 Å². The standard InChI is InChI=1S/C12H16BrNO/c13-11-7-4-8-14-12(11)15-9-10-5-2-1-3-6-10/h4,7-8,10H,1-3,5-6,9H2. The van der Waals surface area contributed by atoms with Crippen molar-refractivity contribution in [3.63, 3.8) is 0 Å².